The van der Waals surface area contributed by atoms with Crippen molar-refractivity contribution in [2.45, 2.75) is 25.4 Å². The van der Waals surface area contributed by atoms with Crippen molar-refractivity contribution in [3.8, 4) is 0 Å². The summed E-state index contributed by atoms with van der Waals surface area (Å²) in [6.45, 7) is 2.40. The third-order valence-electron chi connectivity index (χ3n) is 3.32. The largest absolute Gasteiger partial charge is 0.488 e. The molecule has 18 heavy (non-hydrogen) atoms. The molecule has 95 valence electrons. The number of ether oxygens (including phenoxy) is 1. The highest BCUT2D eigenvalue weighted by Crippen LogP contribution is 2.36. The molecule has 3 rings (SSSR count). The van der Waals surface area contributed by atoms with Gasteiger partial charge in [-0.2, -0.15) is 4.98 Å². The number of nitrogens with zero attached hydrogens (tertiary/aromatic N) is 2. The number of aromatic nitrogens is 2. The van der Waals surface area contributed by atoms with E-state index in [9.17, 15) is 4.79 Å². The predicted molar refractivity (Wildman–Crippen MR) is 62.6 cm³/mol. The van der Waals surface area contributed by atoms with E-state index >= 15 is 0 Å². The Hall–Kier alpha value is -1.38. The summed E-state index contributed by atoms with van der Waals surface area (Å²) in [5.74, 6) is 0.227. The van der Waals surface area contributed by atoms with Gasteiger partial charge in [0.1, 0.15) is 18.1 Å². The molecule has 4 atom stereocenters. The second kappa shape index (κ2) is 4.38. The summed E-state index contributed by atoms with van der Waals surface area (Å²) in [6.07, 6.45) is 0.914. The zero-order chi connectivity index (χ0) is 12.7. The van der Waals surface area contributed by atoms with E-state index in [-0.39, 0.29) is 23.9 Å². The number of hydrogen-bond donors (Lipinski definition) is 1. The third-order valence-corrected chi connectivity index (χ3v) is 3.32. The number of anilines is 1. The maximum Gasteiger partial charge on any atom is 0.488 e. The molecule has 0 saturated carbocycles. The van der Waals surface area contributed by atoms with Crippen molar-refractivity contribution in [3.05, 3.63) is 22.7 Å². The van der Waals surface area contributed by atoms with Gasteiger partial charge in [-0.15, -0.1) is 0 Å². The van der Waals surface area contributed by atoms with Gasteiger partial charge in [0, 0.05) is 12.1 Å². The Morgan fingerprint density at radius 2 is 2.44 bits per heavy atom. The predicted octanol–water partition coefficient (Wildman–Crippen LogP) is -0.691. The highest BCUT2D eigenvalue weighted by Gasteiger charge is 2.45. The summed E-state index contributed by atoms with van der Waals surface area (Å²) in [5.41, 5.74) is 5.04. The summed E-state index contributed by atoms with van der Waals surface area (Å²) in [6, 6.07) is 1.57. The van der Waals surface area contributed by atoms with Crippen molar-refractivity contribution in [1.29, 1.82) is 0 Å². The molecule has 1 unspecified atom stereocenters. The maximum absolute atomic E-state index is 11.8. The summed E-state index contributed by atoms with van der Waals surface area (Å²) in [5, 5.41) is 0. The molecule has 2 fully saturated rings. The molecule has 1 aromatic rings. The van der Waals surface area contributed by atoms with Gasteiger partial charge >= 0.3 is 13.4 Å². The number of fused-ring (bicyclic) bond motifs is 1. The van der Waals surface area contributed by atoms with Crippen LogP contribution < -0.4 is 11.4 Å². The SMILES string of the molecule is CC1[C@H](n2ccc(N)nc2=O)O[C@@H]2CO[B]O[C@@H]12. The molecule has 2 aliphatic heterocycles. The molecular formula is C10H13BN3O4. The molecule has 1 aromatic heterocycles. The van der Waals surface area contributed by atoms with Gasteiger partial charge < -0.3 is 19.8 Å². The van der Waals surface area contributed by atoms with Crippen molar-refractivity contribution in [1.82, 2.24) is 9.55 Å². The molecule has 0 aliphatic carbocycles. The van der Waals surface area contributed by atoms with Gasteiger partial charge in [0.15, 0.2) is 0 Å². The standard InChI is InChI=1S/C10H13BN3O4/c1-5-8-6(4-16-11-18-8)17-9(5)14-3-2-7(12)13-10(14)15/h2-3,5-6,8-9H,4H2,1H3,(H2,12,13,15)/t5?,6-,8+,9-/m1/s1. The topological polar surface area (TPSA) is 88.6 Å². The summed E-state index contributed by atoms with van der Waals surface area (Å²) < 4.78 is 17.7. The monoisotopic (exact) mass is 250 g/mol. The van der Waals surface area contributed by atoms with Crippen LogP contribution in [0.2, 0.25) is 0 Å². The van der Waals surface area contributed by atoms with Crippen LogP contribution in [-0.2, 0) is 14.0 Å². The Bertz CT molecular complexity index is 508. The molecule has 0 aromatic carbocycles. The smallest absolute Gasteiger partial charge is 0.410 e. The Labute approximate surface area is 104 Å². The van der Waals surface area contributed by atoms with Crippen LogP contribution in [0.1, 0.15) is 13.2 Å². The Kier molecular flexibility index (Phi) is 2.85. The fraction of sp³-hybridized carbons (Fsp3) is 0.600. The quantitative estimate of drug-likeness (QED) is 0.663. The fourth-order valence-electron chi connectivity index (χ4n) is 2.40. The van der Waals surface area contributed by atoms with Crippen LogP contribution in [0, 0.1) is 5.92 Å². The molecule has 2 N–H and O–H groups in total. The van der Waals surface area contributed by atoms with Gasteiger partial charge in [0.05, 0.1) is 12.7 Å². The van der Waals surface area contributed by atoms with Crippen molar-refractivity contribution < 1.29 is 14.0 Å². The van der Waals surface area contributed by atoms with E-state index in [1.165, 1.54) is 12.3 Å². The van der Waals surface area contributed by atoms with Gasteiger partial charge in [0.2, 0.25) is 0 Å². The first-order chi connectivity index (χ1) is 8.66. The zero-order valence-electron chi connectivity index (χ0n) is 9.85. The second-order valence-corrected chi connectivity index (χ2v) is 4.50. The number of nitrogen functional groups attached to an aromatic ring is 1. The minimum absolute atomic E-state index is 0.0262. The lowest BCUT2D eigenvalue weighted by atomic mass is 9.99. The average molecular weight is 250 g/mol. The van der Waals surface area contributed by atoms with Gasteiger partial charge in [-0.25, -0.2) is 4.79 Å². The van der Waals surface area contributed by atoms with Crippen molar-refractivity contribution in [2.75, 3.05) is 12.3 Å². The first kappa shape index (κ1) is 11.7. The van der Waals surface area contributed by atoms with Crippen molar-refractivity contribution >= 4 is 13.5 Å². The van der Waals surface area contributed by atoms with Crippen LogP contribution in [0.25, 0.3) is 0 Å². The Morgan fingerprint density at radius 3 is 3.17 bits per heavy atom. The van der Waals surface area contributed by atoms with Gasteiger partial charge in [-0.1, -0.05) is 6.92 Å². The summed E-state index contributed by atoms with van der Waals surface area (Å²) in [4.78, 5) is 15.5. The third kappa shape index (κ3) is 1.82. The first-order valence-electron chi connectivity index (χ1n) is 5.75. The first-order valence-corrected chi connectivity index (χ1v) is 5.75. The lowest BCUT2D eigenvalue weighted by Gasteiger charge is -2.25. The summed E-state index contributed by atoms with van der Waals surface area (Å²) in [7, 11) is 1.33. The number of hydrogen-bond acceptors (Lipinski definition) is 6. The van der Waals surface area contributed by atoms with Crippen LogP contribution >= 0.6 is 0 Å². The molecule has 2 aliphatic rings. The highest BCUT2D eigenvalue weighted by atomic mass is 16.6. The molecule has 0 bridgehead atoms. The lowest BCUT2D eigenvalue weighted by molar-refractivity contribution is -0.0599. The minimum Gasteiger partial charge on any atom is -0.410 e. The van der Waals surface area contributed by atoms with E-state index in [0.717, 1.165) is 0 Å². The normalized spacial score (nSPS) is 34.9. The highest BCUT2D eigenvalue weighted by molar-refractivity contribution is 6.18. The molecular weight excluding hydrogens is 237 g/mol. The van der Waals surface area contributed by atoms with Gasteiger partial charge in [0.25, 0.3) is 0 Å². The number of rotatable bonds is 1. The molecule has 3 heterocycles. The number of nitrogens with two attached hydrogens (primary N) is 1. The molecule has 0 spiro atoms. The minimum atomic E-state index is -0.421. The van der Waals surface area contributed by atoms with E-state index in [1.54, 1.807) is 12.3 Å². The van der Waals surface area contributed by atoms with Crippen LogP contribution in [0.3, 0.4) is 0 Å². The molecule has 7 nitrogen and oxygen atoms in total. The van der Waals surface area contributed by atoms with E-state index in [2.05, 4.69) is 4.98 Å². The maximum atomic E-state index is 11.8. The van der Waals surface area contributed by atoms with Crippen LogP contribution in [0.4, 0.5) is 5.82 Å². The van der Waals surface area contributed by atoms with Gasteiger partial charge in [-0.3, -0.25) is 4.57 Å². The molecule has 0 amide bonds. The second-order valence-electron chi connectivity index (χ2n) is 4.50. The van der Waals surface area contributed by atoms with Crippen molar-refractivity contribution in [3.63, 3.8) is 0 Å². The van der Waals surface area contributed by atoms with E-state index in [4.69, 9.17) is 19.8 Å². The van der Waals surface area contributed by atoms with E-state index in [1.807, 2.05) is 6.92 Å². The van der Waals surface area contributed by atoms with Crippen molar-refractivity contribution in [2.24, 2.45) is 5.92 Å². The van der Waals surface area contributed by atoms with Gasteiger partial charge in [-0.05, 0) is 6.07 Å². The molecule has 2 saturated heterocycles. The fourth-order valence-corrected chi connectivity index (χ4v) is 2.40. The Morgan fingerprint density at radius 1 is 1.61 bits per heavy atom. The Balaban J connectivity index is 1.91. The summed E-state index contributed by atoms with van der Waals surface area (Å²) >= 11 is 0. The van der Waals surface area contributed by atoms with Crippen LogP contribution in [0.15, 0.2) is 17.1 Å². The average Bonchev–Trinajstić information content (AvgIpc) is 2.68. The lowest BCUT2D eigenvalue weighted by Crippen LogP contribution is -2.39. The zero-order valence-corrected chi connectivity index (χ0v) is 9.85. The van der Waals surface area contributed by atoms with E-state index < -0.39 is 11.9 Å². The van der Waals surface area contributed by atoms with Crippen LogP contribution in [0.5, 0.6) is 0 Å². The molecule has 1 radical (unpaired) electrons. The molecule has 8 heteroatoms. The van der Waals surface area contributed by atoms with Crippen LogP contribution in [-0.4, -0.2) is 36.1 Å². The van der Waals surface area contributed by atoms with E-state index in [0.29, 0.717) is 6.61 Å².